The van der Waals surface area contributed by atoms with E-state index in [1.54, 1.807) is 0 Å². The van der Waals surface area contributed by atoms with Crippen LogP contribution in [0.1, 0.15) is 41.0 Å². The van der Waals surface area contributed by atoms with Crippen molar-refractivity contribution in [2.24, 2.45) is 0 Å². The fourth-order valence-electron chi connectivity index (χ4n) is 4.45. The van der Waals surface area contributed by atoms with E-state index in [0.29, 0.717) is 0 Å². The highest BCUT2D eigenvalue weighted by atomic mass is 32.2. The van der Waals surface area contributed by atoms with E-state index in [0.717, 1.165) is 30.5 Å². The highest BCUT2D eigenvalue weighted by molar-refractivity contribution is 7.91. The first-order valence-electron chi connectivity index (χ1n) is 13.2. The Balaban J connectivity index is 1.44. The third kappa shape index (κ3) is 8.15. The van der Waals surface area contributed by atoms with Gasteiger partial charge in [0, 0.05) is 25.0 Å². The zero-order chi connectivity index (χ0) is 32.1. The summed E-state index contributed by atoms with van der Waals surface area (Å²) >= 11 is 0. The number of rotatable bonds is 12. The number of carbonyl (C=O) groups excluding carboxylic acids is 1. The number of nitrogens with zero attached hydrogens (tertiary/aromatic N) is 4. The quantitative estimate of drug-likeness (QED) is 0.281. The minimum Gasteiger partial charge on any atom is -0.489 e. The number of carbonyl (C=O) groups is 1. The van der Waals surface area contributed by atoms with Crippen LogP contribution >= 0.6 is 0 Å². The predicted molar refractivity (Wildman–Crippen MR) is 145 cm³/mol. The zero-order valence-electron chi connectivity index (χ0n) is 23.1. The Morgan fingerprint density at radius 1 is 1.09 bits per heavy atom. The van der Waals surface area contributed by atoms with Crippen molar-refractivity contribution in [3.05, 3.63) is 71.8 Å². The van der Waals surface area contributed by atoms with Crippen molar-refractivity contribution in [2.75, 3.05) is 30.4 Å². The number of benzene rings is 1. The number of ether oxygens (including phenoxy) is 2. The highest BCUT2D eigenvalue weighted by Crippen LogP contribution is 2.32. The second-order valence-electron chi connectivity index (χ2n) is 9.70. The SMILES string of the molecule is CCS(=O)(=O)c1ccc(C(CO)NC(=O)c2cnc(N3C[C@@H](Oc4ccc(C(F)(F)F)cc4)C[C@H]3COC(F)F)nc2)nc1. The number of alkyl halides is 5. The number of aliphatic hydroxyl groups excluding tert-OH is 1. The summed E-state index contributed by atoms with van der Waals surface area (Å²) in [4.78, 5) is 26.8. The molecule has 3 heterocycles. The number of hydrogen-bond acceptors (Lipinski definition) is 10. The van der Waals surface area contributed by atoms with Gasteiger partial charge in [-0.15, -0.1) is 0 Å². The van der Waals surface area contributed by atoms with Gasteiger partial charge < -0.3 is 24.8 Å². The third-order valence-corrected chi connectivity index (χ3v) is 8.50. The Morgan fingerprint density at radius 3 is 2.32 bits per heavy atom. The number of aromatic nitrogens is 3. The average molecular weight is 646 g/mol. The van der Waals surface area contributed by atoms with Gasteiger partial charge in [-0.3, -0.25) is 9.78 Å². The Bertz CT molecular complexity index is 1510. The number of hydrogen-bond donors (Lipinski definition) is 2. The van der Waals surface area contributed by atoms with Crippen LogP contribution in [0.3, 0.4) is 0 Å². The molecule has 2 N–H and O–H groups in total. The maximum Gasteiger partial charge on any atom is 0.416 e. The van der Waals surface area contributed by atoms with Crippen LogP contribution in [0.5, 0.6) is 5.75 Å². The van der Waals surface area contributed by atoms with Crippen molar-refractivity contribution in [1.29, 1.82) is 0 Å². The van der Waals surface area contributed by atoms with Crippen molar-refractivity contribution in [1.82, 2.24) is 20.3 Å². The van der Waals surface area contributed by atoms with Crippen LogP contribution < -0.4 is 15.0 Å². The van der Waals surface area contributed by atoms with E-state index in [4.69, 9.17) is 4.74 Å². The molecule has 0 radical (unpaired) electrons. The zero-order valence-corrected chi connectivity index (χ0v) is 23.9. The number of anilines is 1. The molecule has 0 spiro atoms. The molecule has 0 saturated carbocycles. The van der Waals surface area contributed by atoms with Crippen LogP contribution in [0.4, 0.5) is 27.9 Å². The van der Waals surface area contributed by atoms with E-state index < -0.39 is 65.5 Å². The summed E-state index contributed by atoms with van der Waals surface area (Å²) in [5.74, 6) is -0.573. The van der Waals surface area contributed by atoms with E-state index in [9.17, 15) is 40.3 Å². The molecule has 1 amide bonds. The molecule has 1 saturated heterocycles. The summed E-state index contributed by atoms with van der Waals surface area (Å²) in [6.07, 6.45) is -1.46. The highest BCUT2D eigenvalue weighted by Gasteiger charge is 2.36. The van der Waals surface area contributed by atoms with Crippen LogP contribution in [0.2, 0.25) is 0 Å². The van der Waals surface area contributed by atoms with Gasteiger partial charge in [0.1, 0.15) is 11.9 Å². The first-order valence-corrected chi connectivity index (χ1v) is 14.9. The summed E-state index contributed by atoms with van der Waals surface area (Å²) in [6, 6.07) is 5.12. The average Bonchev–Trinajstić information content (AvgIpc) is 3.41. The molecule has 1 aromatic carbocycles. The van der Waals surface area contributed by atoms with Crippen LogP contribution in [-0.4, -0.2) is 78.7 Å². The molecule has 0 aliphatic carbocycles. The lowest BCUT2D eigenvalue weighted by molar-refractivity contribution is -0.137. The van der Waals surface area contributed by atoms with Gasteiger partial charge in [-0.05, 0) is 36.4 Å². The van der Waals surface area contributed by atoms with Crippen molar-refractivity contribution >= 4 is 21.7 Å². The molecule has 0 bridgehead atoms. The maximum atomic E-state index is 12.9. The van der Waals surface area contributed by atoms with Crippen molar-refractivity contribution < 1.29 is 49.7 Å². The van der Waals surface area contributed by atoms with E-state index >= 15 is 0 Å². The molecular weight excluding hydrogens is 617 g/mol. The standard InChI is InChI=1S/C27H28F5N5O6S/c1-2-44(40,41)21-7-8-22(33-12-21)23(14-38)36-24(39)16-10-34-26(35-11-16)37-13-20(9-18(37)15-42-25(28)29)43-19-5-3-17(4-6-19)27(30,31)32/h3-8,10-12,18,20,23,25,38H,2,9,13-15H2,1H3,(H,36,39)/t18-,20-,23?/m0/s1. The molecule has 3 atom stereocenters. The molecule has 1 fully saturated rings. The Labute approximate surface area is 249 Å². The summed E-state index contributed by atoms with van der Waals surface area (Å²) in [5, 5.41) is 12.4. The van der Waals surface area contributed by atoms with E-state index in [1.165, 1.54) is 36.4 Å². The molecule has 238 valence electrons. The third-order valence-electron chi connectivity index (χ3n) is 6.78. The van der Waals surface area contributed by atoms with Gasteiger partial charge in [0.15, 0.2) is 9.84 Å². The second-order valence-corrected chi connectivity index (χ2v) is 12.0. The lowest BCUT2D eigenvalue weighted by Gasteiger charge is -2.24. The number of nitrogens with one attached hydrogen (secondary N) is 1. The fraction of sp³-hybridized carbons (Fsp3) is 0.407. The predicted octanol–water partition coefficient (Wildman–Crippen LogP) is 3.41. The van der Waals surface area contributed by atoms with Gasteiger partial charge >= 0.3 is 12.8 Å². The van der Waals surface area contributed by atoms with Crippen molar-refractivity contribution in [2.45, 2.75) is 49.2 Å². The van der Waals surface area contributed by atoms with Crippen molar-refractivity contribution in [3.63, 3.8) is 0 Å². The number of pyridine rings is 1. The molecule has 11 nitrogen and oxygen atoms in total. The second kappa shape index (κ2) is 13.8. The smallest absolute Gasteiger partial charge is 0.416 e. The monoisotopic (exact) mass is 645 g/mol. The van der Waals surface area contributed by atoms with Gasteiger partial charge in [0.25, 0.3) is 5.91 Å². The van der Waals surface area contributed by atoms with Gasteiger partial charge in [-0.1, -0.05) is 6.92 Å². The Morgan fingerprint density at radius 2 is 1.77 bits per heavy atom. The summed E-state index contributed by atoms with van der Waals surface area (Å²) in [7, 11) is -3.49. The van der Waals surface area contributed by atoms with Gasteiger partial charge in [-0.25, -0.2) is 18.4 Å². The van der Waals surface area contributed by atoms with E-state index in [-0.39, 0.29) is 46.6 Å². The number of halogens is 5. The Hall–Kier alpha value is -3.96. The first kappa shape index (κ1) is 32.9. The molecule has 3 aromatic rings. The molecular formula is C27H28F5N5O6S. The van der Waals surface area contributed by atoms with Crippen LogP contribution in [0, 0.1) is 0 Å². The number of aliphatic hydroxyl groups is 1. The molecule has 2 aromatic heterocycles. The molecule has 44 heavy (non-hydrogen) atoms. The fourth-order valence-corrected chi connectivity index (χ4v) is 5.27. The summed E-state index contributed by atoms with van der Waals surface area (Å²) in [5.41, 5.74) is -0.637. The van der Waals surface area contributed by atoms with Crippen LogP contribution in [0.25, 0.3) is 0 Å². The normalized spacial score (nSPS) is 18.0. The lowest BCUT2D eigenvalue weighted by atomic mass is 10.2. The number of sulfone groups is 1. The maximum absolute atomic E-state index is 12.9. The number of amides is 1. The molecule has 1 unspecified atom stereocenters. The van der Waals surface area contributed by atoms with E-state index in [2.05, 4.69) is 25.0 Å². The largest absolute Gasteiger partial charge is 0.489 e. The summed E-state index contributed by atoms with van der Waals surface area (Å²) < 4.78 is 98.5. The lowest BCUT2D eigenvalue weighted by Crippen LogP contribution is -2.36. The molecule has 1 aliphatic rings. The molecule has 17 heteroatoms. The van der Waals surface area contributed by atoms with Gasteiger partial charge in [-0.2, -0.15) is 22.0 Å². The first-order chi connectivity index (χ1) is 20.8. The van der Waals surface area contributed by atoms with Crippen LogP contribution in [-0.2, 0) is 20.8 Å². The Kier molecular flexibility index (Phi) is 10.3. The topological polar surface area (TPSA) is 144 Å². The van der Waals surface area contributed by atoms with Crippen molar-refractivity contribution in [3.8, 4) is 5.75 Å². The van der Waals surface area contributed by atoms with Gasteiger partial charge in [0.05, 0.1) is 59.3 Å². The van der Waals surface area contributed by atoms with Crippen LogP contribution in [0.15, 0.2) is 59.9 Å². The summed E-state index contributed by atoms with van der Waals surface area (Å²) in [6.45, 7) is -2.42. The molecule has 1 aliphatic heterocycles. The minimum absolute atomic E-state index is 0.00178. The molecule has 4 rings (SSSR count). The minimum atomic E-state index is -4.51. The van der Waals surface area contributed by atoms with Gasteiger partial charge in [0.2, 0.25) is 5.95 Å². The van der Waals surface area contributed by atoms with E-state index in [1.807, 2.05) is 0 Å².